The second kappa shape index (κ2) is 5.28. The van der Waals surface area contributed by atoms with Crippen molar-refractivity contribution >= 4 is 0 Å². The number of ether oxygens (including phenoxy) is 1. The summed E-state index contributed by atoms with van der Waals surface area (Å²) in [6.45, 7) is 2.88. The van der Waals surface area contributed by atoms with Crippen molar-refractivity contribution in [2.24, 2.45) is 0 Å². The number of nitrogens with one attached hydrogen (secondary N) is 1. The zero-order chi connectivity index (χ0) is 10.6. The SMILES string of the molecule is OC1(CCCC2CCCO2)CCNCC1. The van der Waals surface area contributed by atoms with Crippen LogP contribution >= 0.6 is 0 Å². The van der Waals surface area contributed by atoms with E-state index in [0.29, 0.717) is 6.10 Å². The van der Waals surface area contributed by atoms with E-state index in [1.807, 2.05) is 0 Å². The molecule has 0 amide bonds. The first-order valence-electron chi connectivity index (χ1n) is 6.33. The summed E-state index contributed by atoms with van der Waals surface area (Å²) in [6, 6.07) is 0. The Morgan fingerprint density at radius 2 is 2.13 bits per heavy atom. The van der Waals surface area contributed by atoms with Crippen LogP contribution in [0.25, 0.3) is 0 Å². The lowest BCUT2D eigenvalue weighted by atomic mass is 9.87. The van der Waals surface area contributed by atoms with E-state index in [4.69, 9.17) is 4.74 Å². The van der Waals surface area contributed by atoms with E-state index in [0.717, 1.165) is 51.8 Å². The van der Waals surface area contributed by atoms with Crippen molar-refractivity contribution in [2.45, 2.75) is 56.7 Å². The Labute approximate surface area is 92.2 Å². The van der Waals surface area contributed by atoms with Gasteiger partial charge in [0, 0.05) is 6.61 Å². The van der Waals surface area contributed by atoms with E-state index in [2.05, 4.69) is 5.32 Å². The van der Waals surface area contributed by atoms with Crippen molar-refractivity contribution in [3.8, 4) is 0 Å². The van der Waals surface area contributed by atoms with Gasteiger partial charge in [0.15, 0.2) is 0 Å². The molecule has 0 aromatic carbocycles. The molecular formula is C12H23NO2. The smallest absolute Gasteiger partial charge is 0.0672 e. The molecule has 2 heterocycles. The van der Waals surface area contributed by atoms with Gasteiger partial charge in [0.05, 0.1) is 11.7 Å². The maximum absolute atomic E-state index is 10.3. The maximum atomic E-state index is 10.3. The summed E-state index contributed by atoms with van der Waals surface area (Å²) in [5.41, 5.74) is -0.385. The fourth-order valence-electron chi connectivity index (χ4n) is 2.67. The van der Waals surface area contributed by atoms with Crippen LogP contribution in [0.3, 0.4) is 0 Å². The highest BCUT2D eigenvalue weighted by atomic mass is 16.5. The second-order valence-corrected chi connectivity index (χ2v) is 5.00. The molecule has 3 heteroatoms. The molecule has 15 heavy (non-hydrogen) atoms. The zero-order valence-corrected chi connectivity index (χ0v) is 9.50. The van der Waals surface area contributed by atoms with Gasteiger partial charge in [0.2, 0.25) is 0 Å². The standard InChI is InChI=1S/C12H23NO2/c14-12(6-8-13-9-7-12)5-1-3-11-4-2-10-15-11/h11,13-14H,1-10H2. The molecule has 1 atom stereocenters. The molecule has 0 bridgehead atoms. The van der Waals surface area contributed by atoms with Crippen molar-refractivity contribution in [1.82, 2.24) is 5.32 Å². The van der Waals surface area contributed by atoms with Gasteiger partial charge >= 0.3 is 0 Å². The molecule has 2 saturated heterocycles. The Morgan fingerprint density at radius 1 is 1.33 bits per heavy atom. The average Bonchev–Trinajstić information content (AvgIpc) is 2.71. The quantitative estimate of drug-likeness (QED) is 0.742. The lowest BCUT2D eigenvalue weighted by molar-refractivity contribution is -0.00329. The van der Waals surface area contributed by atoms with Crippen molar-refractivity contribution in [3.63, 3.8) is 0 Å². The second-order valence-electron chi connectivity index (χ2n) is 5.00. The predicted molar refractivity (Wildman–Crippen MR) is 59.9 cm³/mol. The normalized spacial score (nSPS) is 30.6. The molecule has 0 spiro atoms. The van der Waals surface area contributed by atoms with Crippen LogP contribution in [0.15, 0.2) is 0 Å². The van der Waals surface area contributed by atoms with Gasteiger partial charge in [0.1, 0.15) is 0 Å². The molecule has 0 aromatic rings. The third-order valence-electron chi connectivity index (χ3n) is 3.73. The van der Waals surface area contributed by atoms with Crippen LogP contribution in [-0.4, -0.2) is 36.5 Å². The Hall–Kier alpha value is -0.120. The van der Waals surface area contributed by atoms with Crippen molar-refractivity contribution < 1.29 is 9.84 Å². The van der Waals surface area contributed by atoms with Gasteiger partial charge in [-0.1, -0.05) is 0 Å². The van der Waals surface area contributed by atoms with Gasteiger partial charge in [-0.3, -0.25) is 0 Å². The molecule has 0 aromatic heterocycles. The summed E-state index contributed by atoms with van der Waals surface area (Å²) >= 11 is 0. The van der Waals surface area contributed by atoms with E-state index in [9.17, 15) is 5.11 Å². The molecular weight excluding hydrogens is 190 g/mol. The molecule has 0 aliphatic carbocycles. The molecule has 88 valence electrons. The van der Waals surface area contributed by atoms with Crippen LogP contribution in [0.1, 0.15) is 44.9 Å². The number of rotatable bonds is 4. The van der Waals surface area contributed by atoms with E-state index in [-0.39, 0.29) is 5.60 Å². The van der Waals surface area contributed by atoms with E-state index >= 15 is 0 Å². The molecule has 2 aliphatic rings. The molecule has 3 nitrogen and oxygen atoms in total. The van der Waals surface area contributed by atoms with Gasteiger partial charge in [-0.15, -0.1) is 0 Å². The highest BCUT2D eigenvalue weighted by Gasteiger charge is 2.28. The summed E-state index contributed by atoms with van der Waals surface area (Å²) in [7, 11) is 0. The first-order valence-corrected chi connectivity index (χ1v) is 6.33. The van der Waals surface area contributed by atoms with Crippen LogP contribution in [0.4, 0.5) is 0 Å². The highest BCUT2D eigenvalue weighted by Crippen LogP contribution is 2.26. The highest BCUT2D eigenvalue weighted by molar-refractivity contribution is 4.84. The van der Waals surface area contributed by atoms with Gasteiger partial charge in [-0.05, 0) is 58.0 Å². The molecule has 1 unspecified atom stereocenters. The minimum absolute atomic E-state index is 0.385. The monoisotopic (exact) mass is 213 g/mol. The summed E-state index contributed by atoms with van der Waals surface area (Å²) in [5.74, 6) is 0. The molecule has 0 radical (unpaired) electrons. The first kappa shape index (κ1) is 11.4. The van der Waals surface area contributed by atoms with E-state index in [1.54, 1.807) is 0 Å². The summed E-state index contributed by atoms with van der Waals surface area (Å²) < 4.78 is 5.58. The van der Waals surface area contributed by atoms with Crippen LogP contribution in [0.2, 0.25) is 0 Å². The predicted octanol–water partition coefficient (Wildman–Crippen LogP) is 1.45. The number of aliphatic hydroxyl groups is 1. The van der Waals surface area contributed by atoms with E-state index in [1.165, 1.54) is 12.8 Å². The Kier molecular flexibility index (Phi) is 4.00. The van der Waals surface area contributed by atoms with Crippen molar-refractivity contribution in [3.05, 3.63) is 0 Å². The Morgan fingerprint density at radius 3 is 2.80 bits per heavy atom. The number of piperidine rings is 1. The Balaban J connectivity index is 1.63. The lowest BCUT2D eigenvalue weighted by Crippen LogP contribution is -2.41. The first-order chi connectivity index (χ1) is 7.29. The van der Waals surface area contributed by atoms with Gasteiger partial charge in [0.25, 0.3) is 0 Å². The lowest BCUT2D eigenvalue weighted by Gasteiger charge is -2.32. The fraction of sp³-hybridized carbons (Fsp3) is 1.00. The van der Waals surface area contributed by atoms with Crippen LogP contribution in [0, 0.1) is 0 Å². The van der Waals surface area contributed by atoms with Crippen LogP contribution in [0.5, 0.6) is 0 Å². The molecule has 2 N–H and O–H groups in total. The van der Waals surface area contributed by atoms with Gasteiger partial charge in [-0.2, -0.15) is 0 Å². The molecule has 2 rings (SSSR count). The van der Waals surface area contributed by atoms with E-state index < -0.39 is 0 Å². The number of hydrogen-bond donors (Lipinski definition) is 2. The largest absolute Gasteiger partial charge is 0.390 e. The van der Waals surface area contributed by atoms with Gasteiger partial charge in [-0.25, -0.2) is 0 Å². The average molecular weight is 213 g/mol. The zero-order valence-electron chi connectivity index (χ0n) is 9.50. The van der Waals surface area contributed by atoms with Crippen molar-refractivity contribution in [1.29, 1.82) is 0 Å². The summed E-state index contributed by atoms with van der Waals surface area (Å²) in [5, 5.41) is 13.6. The topological polar surface area (TPSA) is 41.5 Å². The maximum Gasteiger partial charge on any atom is 0.0672 e. The van der Waals surface area contributed by atoms with Gasteiger partial charge < -0.3 is 15.2 Å². The Bertz CT molecular complexity index is 184. The molecule has 2 aliphatic heterocycles. The number of hydrogen-bond acceptors (Lipinski definition) is 3. The van der Waals surface area contributed by atoms with Crippen LogP contribution < -0.4 is 5.32 Å². The minimum atomic E-state index is -0.385. The van der Waals surface area contributed by atoms with Crippen LogP contribution in [-0.2, 0) is 4.74 Å². The molecule has 0 saturated carbocycles. The minimum Gasteiger partial charge on any atom is -0.390 e. The molecule has 2 fully saturated rings. The fourth-order valence-corrected chi connectivity index (χ4v) is 2.67. The van der Waals surface area contributed by atoms with Crippen molar-refractivity contribution in [2.75, 3.05) is 19.7 Å². The third kappa shape index (κ3) is 3.44. The third-order valence-corrected chi connectivity index (χ3v) is 3.73. The summed E-state index contributed by atoms with van der Waals surface area (Å²) in [6.07, 6.45) is 7.96. The summed E-state index contributed by atoms with van der Waals surface area (Å²) in [4.78, 5) is 0.